The molecule has 0 atom stereocenters. The van der Waals surface area contributed by atoms with Crippen molar-refractivity contribution in [1.82, 2.24) is 0 Å². The smallest absolute Gasteiger partial charge is 0.258 e. The Bertz CT molecular complexity index is 396. The minimum Gasteiger partial charge on any atom is -0.258 e. The second kappa shape index (κ2) is 5.66. The van der Waals surface area contributed by atoms with Crippen LogP contribution in [0.3, 0.4) is 0 Å². The van der Waals surface area contributed by atoms with Gasteiger partial charge in [0.05, 0.1) is 4.92 Å². The lowest BCUT2D eigenvalue weighted by Gasteiger charge is -2.07. The number of allylic oxidation sites excluding steroid dienone is 1. The van der Waals surface area contributed by atoms with Crippen LogP contribution in [-0.2, 0) is 0 Å². The number of benzene rings is 1. The largest absolute Gasteiger partial charge is 0.269 e. The number of non-ortho nitro benzene ring substituents is 1. The topological polar surface area (TPSA) is 43.1 Å². The summed E-state index contributed by atoms with van der Waals surface area (Å²) in [4.78, 5) is 10.1. The van der Waals surface area contributed by atoms with Gasteiger partial charge in [0.25, 0.3) is 5.69 Å². The second-order valence-corrected chi connectivity index (χ2v) is 4.12. The number of hydrogen-bond donors (Lipinski definition) is 0. The molecule has 1 aromatic carbocycles. The van der Waals surface area contributed by atoms with E-state index in [0.29, 0.717) is 11.8 Å². The maximum absolute atomic E-state index is 10.5. The van der Waals surface area contributed by atoms with Crippen molar-refractivity contribution < 1.29 is 4.92 Å². The Hall–Kier alpha value is -1.35. The Morgan fingerprint density at radius 3 is 2.38 bits per heavy atom. The Kier molecular flexibility index (Phi) is 4.50. The first-order chi connectivity index (χ1) is 7.54. The van der Waals surface area contributed by atoms with E-state index in [9.17, 15) is 10.1 Å². The lowest BCUT2D eigenvalue weighted by atomic mass is 10.0. The molecular formula is C12H14ClNO2. The number of nitro benzene ring substituents is 1. The van der Waals surface area contributed by atoms with Gasteiger partial charge in [-0.1, -0.05) is 25.5 Å². The molecule has 0 amide bonds. The van der Waals surface area contributed by atoms with Crippen molar-refractivity contribution in [2.24, 2.45) is 5.92 Å². The molecule has 3 nitrogen and oxygen atoms in total. The van der Waals surface area contributed by atoms with Gasteiger partial charge in [-0.3, -0.25) is 10.1 Å². The fourth-order valence-electron chi connectivity index (χ4n) is 1.27. The third-order valence-electron chi connectivity index (χ3n) is 2.35. The van der Waals surface area contributed by atoms with Crippen LogP contribution in [0.1, 0.15) is 19.4 Å². The van der Waals surface area contributed by atoms with Gasteiger partial charge in [-0.15, -0.1) is 11.6 Å². The van der Waals surface area contributed by atoms with Crippen molar-refractivity contribution in [3.05, 3.63) is 45.5 Å². The minimum atomic E-state index is -0.404. The number of nitro groups is 1. The average Bonchev–Trinajstić information content (AvgIpc) is 2.26. The average molecular weight is 240 g/mol. The molecule has 0 bridgehead atoms. The molecule has 0 heterocycles. The Labute approximate surface area is 99.9 Å². The van der Waals surface area contributed by atoms with Crippen LogP contribution in [0.25, 0.3) is 6.08 Å². The van der Waals surface area contributed by atoms with Crippen LogP contribution in [0.2, 0.25) is 0 Å². The van der Waals surface area contributed by atoms with Crippen LogP contribution < -0.4 is 0 Å². The Morgan fingerprint density at radius 2 is 2.00 bits per heavy atom. The molecule has 86 valence electrons. The van der Waals surface area contributed by atoms with Crippen molar-refractivity contribution in [1.29, 1.82) is 0 Å². The highest BCUT2D eigenvalue weighted by atomic mass is 35.5. The fourth-order valence-corrected chi connectivity index (χ4v) is 1.65. The lowest BCUT2D eigenvalue weighted by Crippen LogP contribution is -1.95. The van der Waals surface area contributed by atoms with Crippen LogP contribution in [0.4, 0.5) is 5.69 Å². The summed E-state index contributed by atoms with van der Waals surface area (Å²) in [5.41, 5.74) is 2.17. The molecule has 0 aliphatic carbocycles. The molecule has 0 radical (unpaired) electrons. The molecule has 0 N–H and O–H groups in total. The van der Waals surface area contributed by atoms with Crippen LogP contribution in [0.15, 0.2) is 29.8 Å². The molecule has 1 aromatic rings. The van der Waals surface area contributed by atoms with Crippen molar-refractivity contribution in [3.63, 3.8) is 0 Å². The van der Waals surface area contributed by atoms with Gasteiger partial charge in [-0.05, 0) is 23.6 Å². The quantitative estimate of drug-likeness (QED) is 0.455. The molecule has 0 aliphatic rings. The molecule has 0 saturated carbocycles. The van der Waals surface area contributed by atoms with Crippen molar-refractivity contribution in [2.45, 2.75) is 13.8 Å². The van der Waals surface area contributed by atoms with Crippen LogP contribution in [0, 0.1) is 16.0 Å². The van der Waals surface area contributed by atoms with Gasteiger partial charge in [-0.25, -0.2) is 0 Å². The van der Waals surface area contributed by atoms with Crippen molar-refractivity contribution >= 4 is 23.4 Å². The molecule has 0 aromatic heterocycles. The van der Waals surface area contributed by atoms with E-state index in [1.54, 1.807) is 12.1 Å². The van der Waals surface area contributed by atoms with Gasteiger partial charge in [0.15, 0.2) is 0 Å². The molecule has 0 saturated heterocycles. The zero-order chi connectivity index (χ0) is 12.1. The summed E-state index contributed by atoms with van der Waals surface area (Å²) >= 11 is 5.82. The summed E-state index contributed by atoms with van der Waals surface area (Å²) in [7, 11) is 0. The Morgan fingerprint density at radius 1 is 1.44 bits per heavy atom. The molecule has 4 heteroatoms. The first-order valence-electron chi connectivity index (χ1n) is 5.05. The van der Waals surface area contributed by atoms with Crippen molar-refractivity contribution in [3.8, 4) is 0 Å². The highest BCUT2D eigenvalue weighted by Crippen LogP contribution is 2.18. The molecule has 0 unspecified atom stereocenters. The van der Waals surface area contributed by atoms with Crippen LogP contribution in [0.5, 0.6) is 0 Å². The van der Waals surface area contributed by atoms with E-state index < -0.39 is 4.92 Å². The molecule has 16 heavy (non-hydrogen) atoms. The zero-order valence-corrected chi connectivity index (χ0v) is 10.1. The van der Waals surface area contributed by atoms with Gasteiger partial charge in [0.2, 0.25) is 0 Å². The summed E-state index contributed by atoms with van der Waals surface area (Å²) in [5, 5.41) is 10.5. The first kappa shape index (κ1) is 12.7. The summed E-state index contributed by atoms with van der Waals surface area (Å²) < 4.78 is 0. The number of alkyl halides is 1. The number of rotatable bonds is 4. The zero-order valence-electron chi connectivity index (χ0n) is 9.31. The minimum absolute atomic E-state index is 0.106. The highest BCUT2D eigenvalue weighted by molar-refractivity contribution is 6.19. The van der Waals surface area contributed by atoms with Gasteiger partial charge >= 0.3 is 0 Å². The molecule has 1 rings (SSSR count). The fraction of sp³-hybridized carbons (Fsp3) is 0.333. The third kappa shape index (κ3) is 3.35. The van der Waals surface area contributed by atoms with Crippen LogP contribution >= 0.6 is 11.6 Å². The predicted molar refractivity (Wildman–Crippen MR) is 66.6 cm³/mol. The normalized spacial score (nSPS) is 11.9. The summed E-state index contributed by atoms with van der Waals surface area (Å²) in [6.07, 6.45) is 1.97. The van der Waals surface area contributed by atoms with Gasteiger partial charge in [0, 0.05) is 18.0 Å². The SMILES string of the molecule is CC(C)C(=Cc1ccc([N+](=O)[O-])cc1)CCl. The monoisotopic (exact) mass is 239 g/mol. The van der Waals surface area contributed by atoms with E-state index >= 15 is 0 Å². The predicted octanol–water partition coefficient (Wildman–Crippen LogP) is 3.87. The van der Waals surface area contributed by atoms with E-state index in [1.165, 1.54) is 12.1 Å². The summed E-state index contributed by atoms with van der Waals surface area (Å²) in [5.74, 6) is 0.863. The lowest BCUT2D eigenvalue weighted by molar-refractivity contribution is -0.384. The van der Waals surface area contributed by atoms with E-state index in [-0.39, 0.29) is 5.69 Å². The van der Waals surface area contributed by atoms with E-state index in [0.717, 1.165) is 11.1 Å². The maximum Gasteiger partial charge on any atom is 0.269 e. The van der Waals surface area contributed by atoms with Crippen LogP contribution in [-0.4, -0.2) is 10.8 Å². The number of halogens is 1. The van der Waals surface area contributed by atoms with Gasteiger partial charge < -0.3 is 0 Å². The van der Waals surface area contributed by atoms with E-state index in [1.807, 2.05) is 6.08 Å². The number of hydrogen-bond acceptors (Lipinski definition) is 2. The Balaban J connectivity index is 2.94. The van der Waals surface area contributed by atoms with Crippen molar-refractivity contribution in [2.75, 3.05) is 5.88 Å². The highest BCUT2D eigenvalue weighted by Gasteiger charge is 2.05. The van der Waals surface area contributed by atoms with Gasteiger partial charge in [-0.2, -0.15) is 0 Å². The molecule has 0 spiro atoms. The molecule has 0 fully saturated rings. The number of nitrogens with zero attached hydrogens (tertiary/aromatic N) is 1. The summed E-state index contributed by atoms with van der Waals surface area (Å²) in [6.45, 7) is 4.14. The molecule has 0 aliphatic heterocycles. The van der Waals surface area contributed by atoms with E-state index in [4.69, 9.17) is 11.6 Å². The first-order valence-corrected chi connectivity index (χ1v) is 5.59. The third-order valence-corrected chi connectivity index (χ3v) is 2.66. The molecular weight excluding hydrogens is 226 g/mol. The second-order valence-electron chi connectivity index (χ2n) is 3.86. The van der Waals surface area contributed by atoms with E-state index in [2.05, 4.69) is 13.8 Å². The maximum atomic E-state index is 10.5. The van der Waals surface area contributed by atoms with Gasteiger partial charge in [0.1, 0.15) is 0 Å². The summed E-state index contributed by atoms with van der Waals surface area (Å²) in [6, 6.07) is 6.45. The standard InChI is InChI=1S/C12H14ClNO2/c1-9(2)11(8-13)7-10-3-5-12(6-4-10)14(15)16/h3-7,9H,8H2,1-2H3.